The van der Waals surface area contributed by atoms with Crippen LogP contribution in [-0.2, 0) is 4.74 Å². The van der Waals surface area contributed by atoms with Crippen molar-refractivity contribution in [2.24, 2.45) is 0 Å². The average Bonchev–Trinajstić information content (AvgIpc) is 2.49. The van der Waals surface area contributed by atoms with Gasteiger partial charge in [-0.3, -0.25) is 10.1 Å². The number of non-ortho nitro benzene ring substituents is 1. The van der Waals surface area contributed by atoms with Gasteiger partial charge in [-0.15, -0.1) is 0 Å². The summed E-state index contributed by atoms with van der Waals surface area (Å²) >= 11 is 0. The molecule has 0 spiro atoms. The number of nitro groups is 1. The predicted octanol–water partition coefficient (Wildman–Crippen LogP) is 4.05. The van der Waals surface area contributed by atoms with Gasteiger partial charge in [-0.05, 0) is 44.2 Å². The maximum atomic E-state index is 10.8. The van der Waals surface area contributed by atoms with E-state index in [1.807, 2.05) is 13.0 Å². The lowest BCUT2D eigenvalue weighted by Crippen LogP contribution is -2.43. The van der Waals surface area contributed by atoms with Gasteiger partial charge < -0.3 is 10.1 Å². The molecule has 1 aromatic rings. The molecule has 0 aliphatic carbocycles. The normalized spacial score (nSPS) is 21.0. The minimum Gasteiger partial charge on any atom is -0.382 e. The SMILES string of the molecule is CCC1(CC)CC(Nc2ccc([N+](=O)[O-])cc2C)CCO1. The molecule has 21 heavy (non-hydrogen) atoms. The fourth-order valence-electron chi connectivity index (χ4n) is 3.04. The molecule has 2 rings (SSSR count). The van der Waals surface area contributed by atoms with Crippen LogP contribution in [0.25, 0.3) is 0 Å². The summed E-state index contributed by atoms with van der Waals surface area (Å²) in [6.07, 6.45) is 3.98. The quantitative estimate of drug-likeness (QED) is 0.656. The van der Waals surface area contributed by atoms with Crippen molar-refractivity contribution in [3.63, 3.8) is 0 Å². The molecule has 5 heteroatoms. The number of nitro benzene ring substituents is 1. The average molecular weight is 292 g/mol. The van der Waals surface area contributed by atoms with E-state index < -0.39 is 0 Å². The smallest absolute Gasteiger partial charge is 0.269 e. The number of hydrogen-bond acceptors (Lipinski definition) is 4. The third kappa shape index (κ3) is 3.53. The third-order valence-electron chi connectivity index (χ3n) is 4.56. The molecule has 1 unspecified atom stereocenters. The summed E-state index contributed by atoms with van der Waals surface area (Å²) in [4.78, 5) is 10.4. The Hall–Kier alpha value is -1.62. The first-order valence-electron chi connectivity index (χ1n) is 7.65. The summed E-state index contributed by atoms with van der Waals surface area (Å²) in [5, 5.41) is 14.3. The van der Waals surface area contributed by atoms with Crippen molar-refractivity contribution >= 4 is 11.4 Å². The highest BCUT2D eigenvalue weighted by Crippen LogP contribution is 2.33. The number of benzene rings is 1. The Morgan fingerprint density at radius 1 is 1.43 bits per heavy atom. The van der Waals surface area contributed by atoms with E-state index in [1.54, 1.807) is 12.1 Å². The lowest BCUT2D eigenvalue weighted by Gasteiger charge is -2.40. The number of aryl methyl sites for hydroxylation is 1. The molecule has 1 heterocycles. The van der Waals surface area contributed by atoms with Crippen LogP contribution in [0, 0.1) is 17.0 Å². The Labute approximate surface area is 125 Å². The predicted molar refractivity (Wildman–Crippen MR) is 83.7 cm³/mol. The topological polar surface area (TPSA) is 64.4 Å². The van der Waals surface area contributed by atoms with Crippen molar-refractivity contribution in [1.29, 1.82) is 0 Å². The Kier molecular flexibility index (Phi) is 4.83. The van der Waals surface area contributed by atoms with E-state index in [1.165, 1.54) is 0 Å². The van der Waals surface area contributed by atoms with Crippen LogP contribution in [0.15, 0.2) is 18.2 Å². The van der Waals surface area contributed by atoms with Crippen molar-refractivity contribution in [1.82, 2.24) is 0 Å². The van der Waals surface area contributed by atoms with Gasteiger partial charge in [0, 0.05) is 30.5 Å². The van der Waals surface area contributed by atoms with Crippen LogP contribution in [0.2, 0.25) is 0 Å². The zero-order valence-electron chi connectivity index (χ0n) is 13.0. The second-order valence-corrected chi connectivity index (χ2v) is 5.83. The fraction of sp³-hybridized carbons (Fsp3) is 0.625. The monoisotopic (exact) mass is 292 g/mol. The molecular formula is C16H24N2O3. The van der Waals surface area contributed by atoms with E-state index in [4.69, 9.17) is 4.74 Å². The van der Waals surface area contributed by atoms with Crippen molar-refractivity contribution < 1.29 is 9.66 Å². The van der Waals surface area contributed by atoms with Gasteiger partial charge in [0.05, 0.1) is 10.5 Å². The summed E-state index contributed by atoms with van der Waals surface area (Å²) in [5.74, 6) is 0. The zero-order valence-corrected chi connectivity index (χ0v) is 13.0. The molecule has 1 aliphatic rings. The van der Waals surface area contributed by atoms with E-state index in [0.717, 1.165) is 43.5 Å². The largest absolute Gasteiger partial charge is 0.382 e. The van der Waals surface area contributed by atoms with Crippen LogP contribution >= 0.6 is 0 Å². The maximum absolute atomic E-state index is 10.8. The van der Waals surface area contributed by atoms with Crippen LogP contribution in [0.4, 0.5) is 11.4 Å². The van der Waals surface area contributed by atoms with E-state index in [2.05, 4.69) is 19.2 Å². The van der Waals surface area contributed by atoms with Gasteiger partial charge in [-0.1, -0.05) is 13.8 Å². The van der Waals surface area contributed by atoms with Crippen LogP contribution in [0.5, 0.6) is 0 Å². The summed E-state index contributed by atoms with van der Waals surface area (Å²) in [7, 11) is 0. The second kappa shape index (κ2) is 6.43. The standard InChI is InChI=1S/C16H24N2O3/c1-4-16(5-2)11-13(8-9-21-16)17-15-7-6-14(18(19)20)10-12(15)3/h6-7,10,13,17H,4-5,8-9,11H2,1-3H3. The number of hydrogen-bond donors (Lipinski definition) is 1. The molecule has 0 bridgehead atoms. The first-order valence-corrected chi connectivity index (χ1v) is 7.65. The molecule has 0 amide bonds. The number of nitrogens with zero attached hydrogens (tertiary/aromatic N) is 1. The van der Waals surface area contributed by atoms with Gasteiger partial charge in [0.1, 0.15) is 0 Å². The second-order valence-electron chi connectivity index (χ2n) is 5.83. The molecule has 0 saturated carbocycles. The summed E-state index contributed by atoms with van der Waals surface area (Å²) in [5.41, 5.74) is 2.01. The van der Waals surface area contributed by atoms with Gasteiger partial charge in [0.2, 0.25) is 0 Å². The van der Waals surface area contributed by atoms with Crippen molar-refractivity contribution in [2.75, 3.05) is 11.9 Å². The minimum atomic E-state index is -0.357. The fourth-order valence-corrected chi connectivity index (χ4v) is 3.04. The number of rotatable bonds is 5. The maximum Gasteiger partial charge on any atom is 0.269 e. The Bertz CT molecular complexity index is 512. The number of nitrogens with one attached hydrogen (secondary N) is 1. The van der Waals surface area contributed by atoms with E-state index >= 15 is 0 Å². The third-order valence-corrected chi connectivity index (χ3v) is 4.56. The molecule has 0 radical (unpaired) electrons. The lowest BCUT2D eigenvalue weighted by molar-refractivity contribution is -0.384. The minimum absolute atomic E-state index is 0.0232. The number of ether oxygens (including phenoxy) is 1. The molecule has 1 atom stereocenters. The highest BCUT2D eigenvalue weighted by atomic mass is 16.6. The van der Waals surface area contributed by atoms with Crippen LogP contribution < -0.4 is 5.32 Å². The van der Waals surface area contributed by atoms with Crippen LogP contribution in [0.1, 0.15) is 45.1 Å². The Morgan fingerprint density at radius 3 is 2.71 bits per heavy atom. The molecule has 1 N–H and O–H groups in total. The molecule has 0 aromatic heterocycles. The van der Waals surface area contributed by atoms with Crippen molar-refractivity contribution in [2.45, 2.75) is 58.1 Å². The highest BCUT2D eigenvalue weighted by Gasteiger charge is 2.34. The van der Waals surface area contributed by atoms with Gasteiger partial charge in [0.25, 0.3) is 5.69 Å². The van der Waals surface area contributed by atoms with E-state index in [9.17, 15) is 10.1 Å². The van der Waals surface area contributed by atoms with E-state index in [0.29, 0.717) is 6.04 Å². The molecule has 1 aromatic carbocycles. The van der Waals surface area contributed by atoms with Crippen LogP contribution in [-0.4, -0.2) is 23.2 Å². The Balaban J connectivity index is 2.09. The first-order chi connectivity index (χ1) is 9.99. The van der Waals surface area contributed by atoms with Crippen molar-refractivity contribution in [3.05, 3.63) is 33.9 Å². The summed E-state index contributed by atoms with van der Waals surface area (Å²) in [6.45, 7) is 7.01. The summed E-state index contributed by atoms with van der Waals surface area (Å²) < 4.78 is 5.98. The molecule has 5 nitrogen and oxygen atoms in total. The first kappa shape index (κ1) is 15.8. The Morgan fingerprint density at radius 2 is 2.14 bits per heavy atom. The molecule has 1 fully saturated rings. The van der Waals surface area contributed by atoms with Gasteiger partial charge in [0.15, 0.2) is 0 Å². The highest BCUT2D eigenvalue weighted by molar-refractivity contribution is 5.56. The molecule has 116 valence electrons. The number of anilines is 1. The van der Waals surface area contributed by atoms with Crippen molar-refractivity contribution in [3.8, 4) is 0 Å². The van der Waals surface area contributed by atoms with E-state index in [-0.39, 0.29) is 16.2 Å². The van der Waals surface area contributed by atoms with Crippen LogP contribution in [0.3, 0.4) is 0 Å². The zero-order chi connectivity index (χ0) is 15.5. The van der Waals surface area contributed by atoms with Gasteiger partial charge in [-0.25, -0.2) is 0 Å². The van der Waals surface area contributed by atoms with Gasteiger partial charge in [-0.2, -0.15) is 0 Å². The lowest BCUT2D eigenvalue weighted by atomic mass is 9.86. The molecule has 1 saturated heterocycles. The summed E-state index contributed by atoms with van der Waals surface area (Å²) in [6, 6.07) is 5.34. The molecule has 1 aliphatic heterocycles. The molecular weight excluding hydrogens is 268 g/mol. The van der Waals surface area contributed by atoms with Gasteiger partial charge >= 0.3 is 0 Å².